The number of allylic oxidation sites excluding steroid dienone is 2. The van der Waals surface area contributed by atoms with E-state index in [1.165, 1.54) is 0 Å². The molecule has 25 heavy (non-hydrogen) atoms. The van der Waals surface area contributed by atoms with Crippen molar-refractivity contribution >= 4 is 16.7 Å². The van der Waals surface area contributed by atoms with Gasteiger partial charge in [-0.25, -0.2) is 0 Å². The first kappa shape index (κ1) is 16.6. The Morgan fingerprint density at radius 1 is 1.20 bits per heavy atom. The number of nitrogens with zero attached hydrogens (tertiary/aromatic N) is 4. The standard InChI is InChI=1S/C19H17N5O/c1-11-10-24(3)12(2)18-15-6-14(4-5-17(15)25-19(11)18)23-16(9-22)13(7-20)8-21/h4-6,11-12,23H,10H2,1-3H3. The number of fused-ring (bicyclic) bond motifs is 3. The van der Waals surface area contributed by atoms with E-state index in [9.17, 15) is 5.26 Å². The van der Waals surface area contributed by atoms with Gasteiger partial charge in [-0.05, 0) is 32.2 Å². The number of likely N-dealkylation sites (N-methyl/N-ethyl adjacent to an activating group) is 1. The molecule has 0 saturated carbocycles. The summed E-state index contributed by atoms with van der Waals surface area (Å²) < 4.78 is 6.06. The van der Waals surface area contributed by atoms with E-state index in [1.54, 1.807) is 18.2 Å². The van der Waals surface area contributed by atoms with Crippen LogP contribution in [0.4, 0.5) is 5.69 Å². The molecular formula is C19H17N5O. The first-order valence-electron chi connectivity index (χ1n) is 7.98. The Bertz CT molecular complexity index is 980. The van der Waals surface area contributed by atoms with Crippen LogP contribution in [-0.2, 0) is 0 Å². The lowest BCUT2D eigenvalue weighted by molar-refractivity contribution is 0.215. The third-order valence-electron chi connectivity index (χ3n) is 4.70. The fourth-order valence-corrected chi connectivity index (χ4v) is 3.33. The number of nitrogens with one attached hydrogen (secondary N) is 1. The summed E-state index contributed by atoms with van der Waals surface area (Å²) in [5, 5.41) is 31.0. The normalized spacial score (nSPS) is 19.4. The van der Waals surface area contributed by atoms with Gasteiger partial charge in [-0.3, -0.25) is 4.90 Å². The predicted molar refractivity (Wildman–Crippen MR) is 93.2 cm³/mol. The summed E-state index contributed by atoms with van der Waals surface area (Å²) >= 11 is 0. The van der Waals surface area contributed by atoms with Gasteiger partial charge >= 0.3 is 0 Å². The van der Waals surface area contributed by atoms with Crippen molar-refractivity contribution in [1.29, 1.82) is 15.8 Å². The number of nitriles is 3. The first-order valence-corrected chi connectivity index (χ1v) is 7.98. The van der Waals surface area contributed by atoms with Crippen molar-refractivity contribution in [3.8, 4) is 18.2 Å². The summed E-state index contributed by atoms with van der Waals surface area (Å²) in [7, 11) is 2.09. The molecule has 1 aliphatic rings. The van der Waals surface area contributed by atoms with Crippen molar-refractivity contribution in [3.05, 3.63) is 40.8 Å². The van der Waals surface area contributed by atoms with E-state index in [4.69, 9.17) is 14.9 Å². The van der Waals surface area contributed by atoms with Crippen LogP contribution in [0.15, 0.2) is 33.9 Å². The van der Waals surface area contributed by atoms with Crippen molar-refractivity contribution < 1.29 is 4.42 Å². The number of furan rings is 1. The molecule has 1 aliphatic heterocycles. The number of hydrogen-bond acceptors (Lipinski definition) is 6. The zero-order chi connectivity index (χ0) is 18.1. The smallest absolute Gasteiger partial charge is 0.163 e. The average molecular weight is 331 g/mol. The summed E-state index contributed by atoms with van der Waals surface area (Å²) in [6.45, 7) is 5.23. The second kappa shape index (κ2) is 6.32. The second-order valence-electron chi connectivity index (χ2n) is 6.32. The Morgan fingerprint density at radius 3 is 2.56 bits per heavy atom. The van der Waals surface area contributed by atoms with Gasteiger partial charge in [-0.2, -0.15) is 15.8 Å². The van der Waals surface area contributed by atoms with E-state index in [-0.39, 0.29) is 17.3 Å². The molecule has 1 aromatic heterocycles. The maximum Gasteiger partial charge on any atom is 0.163 e. The third-order valence-corrected chi connectivity index (χ3v) is 4.70. The molecule has 0 saturated heterocycles. The van der Waals surface area contributed by atoms with Gasteiger partial charge in [0.2, 0.25) is 0 Å². The zero-order valence-electron chi connectivity index (χ0n) is 14.3. The first-order chi connectivity index (χ1) is 12.0. The molecule has 6 heteroatoms. The molecule has 3 rings (SSSR count). The summed E-state index contributed by atoms with van der Waals surface area (Å²) in [6, 6.07) is 11.1. The van der Waals surface area contributed by atoms with Crippen molar-refractivity contribution in [3.63, 3.8) is 0 Å². The minimum absolute atomic E-state index is 0.0553. The van der Waals surface area contributed by atoms with Crippen LogP contribution in [0.5, 0.6) is 0 Å². The molecule has 124 valence electrons. The maximum absolute atomic E-state index is 9.20. The number of benzene rings is 1. The second-order valence-corrected chi connectivity index (χ2v) is 6.32. The van der Waals surface area contributed by atoms with Gasteiger partial charge in [0.15, 0.2) is 5.57 Å². The molecule has 2 atom stereocenters. The number of rotatable bonds is 2. The topological polar surface area (TPSA) is 99.8 Å². The molecule has 0 aliphatic carbocycles. The highest BCUT2D eigenvalue weighted by Crippen LogP contribution is 2.42. The summed E-state index contributed by atoms with van der Waals surface area (Å²) in [4.78, 5) is 2.28. The molecule has 0 fully saturated rings. The van der Waals surface area contributed by atoms with E-state index in [0.29, 0.717) is 11.6 Å². The highest BCUT2D eigenvalue weighted by atomic mass is 16.3. The van der Waals surface area contributed by atoms with Crippen LogP contribution >= 0.6 is 0 Å². The summed E-state index contributed by atoms with van der Waals surface area (Å²) in [5.41, 5.74) is 2.30. The quantitative estimate of drug-likeness (QED) is 0.841. The lowest BCUT2D eigenvalue weighted by Crippen LogP contribution is -2.31. The molecule has 2 aromatic rings. The van der Waals surface area contributed by atoms with Gasteiger partial charge in [0, 0.05) is 35.1 Å². The Balaban J connectivity index is 2.11. The largest absolute Gasteiger partial charge is 0.460 e. The van der Waals surface area contributed by atoms with Gasteiger partial charge in [0.25, 0.3) is 0 Å². The lowest BCUT2D eigenvalue weighted by atomic mass is 9.92. The minimum Gasteiger partial charge on any atom is -0.460 e. The van der Waals surface area contributed by atoms with Crippen LogP contribution in [0.1, 0.15) is 37.1 Å². The van der Waals surface area contributed by atoms with E-state index in [1.807, 2.05) is 18.2 Å². The molecule has 6 nitrogen and oxygen atoms in total. The van der Waals surface area contributed by atoms with Gasteiger partial charge in [0.1, 0.15) is 35.2 Å². The molecule has 0 radical (unpaired) electrons. The van der Waals surface area contributed by atoms with Crippen LogP contribution in [0.25, 0.3) is 11.0 Å². The van der Waals surface area contributed by atoms with Crippen LogP contribution < -0.4 is 5.32 Å². The average Bonchev–Trinajstić information content (AvgIpc) is 2.99. The van der Waals surface area contributed by atoms with Gasteiger partial charge in [-0.1, -0.05) is 6.92 Å². The van der Waals surface area contributed by atoms with Gasteiger partial charge in [-0.15, -0.1) is 0 Å². The molecule has 0 amide bonds. The van der Waals surface area contributed by atoms with Crippen molar-refractivity contribution in [1.82, 2.24) is 4.90 Å². The number of anilines is 1. The molecule has 0 spiro atoms. The number of hydrogen-bond donors (Lipinski definition) is 1. The van der Waals surface area contributed by atoms with E-state index >= 15 is 0 Å². The molecular weight excluding hydrogens is 314 g/mol. The SMILES string of the molecule is CC1CN(C)C(C)c2c1oc1ccc(NC(C#N)=C(C#N)C#N)cc21. The van der Waals surface area contributed by atoms with Gasteiger partial charge in [0.05, 0.1) is 0 Å². The van der Waals surface area contributed by atoms with Gasteiger partial charge < -0.3 is 9.73 Å². The third kappa shape index (κ3) is 2.72. The van der Waals surface area contributed by atoms with Crippen molar-refractivity contribution in [2.24, 2.45) is 0 Å². The summed E-state index contributed by atoms with van der Waals surface area (Å²) in [6.07, 6.45) is 0. The molecule has 0 bridgehead atoms. The zero-order valence-corrected chi connectivity index (χ0v) is 14.3. The van der Waals surface area contributed by atoms with E-state index in [2.05, 4.69) is 31.1 Å². The highest BCUT2D eigenvalue weighted by Gasteiger charge is 2.31. The molecule has 1 N–H and O–H groups in total. The molecule has 2 unspecified atom stereocenters. The summed E-state index contributed by atoms with van der Waals surface area (Å²) in [5.74, 6) is 1.31. The van der Waals surface area contributed by atoms with Crippen LogP contribution in [0, 0.1) is 34.0 Å². The molecule has 1 aromatic carbocycles. The minimum atomic E-state index is -0.237. The maximum atomic E-state index is 9.20. The fraction of sp³-hybridized carbons (Fsp3) is 0.316. The Hall–Kier alpha value is -3.27. The van der Waals surface area contributed by atoms with Crippen LogP contribution in [0.3, 0.4) is 0 Å². The van der Waals surface area contributed by atoms with Crippen LogP contribution in [0.2, 0.25) is 0 Å². The Kier molecular flexibility index (Phi) is 4.19. The lowest BCUT2D eigenvalue weighted by Gasteiger charge is -2.33. The van der Waals surface area contributed by atoms with E-state index < -0.39 is 0 Å². The highest BCUT2D eigenvalue weighted by molar-refractivity contribution is 5.87. The predicted octanol–water partition coefficient (Wildman–Crippen LogP) is 3.78. The van der Waals surface area contributed by atoms with Crippen LogP contribution in [-0.4, -0.2) is 18.5 Å². The fourth-order valence-electron chi connectivity index (χ4n) is 3.33. The Labute approximate surface area is 146 Å². The monoisotopic (exact) mass is 331 g/mol. The van der Waals surface area contributed by atoms with E-state index in [0.717, 1.165) is 28.8 Å². The molecule has 2 heterocycles. The Morgan fingerprint density at radius 2 is 1.92 bits per heavy atom. The van der Waals surface area contributed by atoms with Crippen molar-refractivity contribution in [2.45, 2.75) is 25.8 Å². The van der Waals surface area contributed by atoms with Crippen molar-refractivity contribution in [2.75, 3.05) is 18.9 Å².